The summed E-state index contributed by atoms with van der Waals surface area (Å²) in [7, 11) is 0. The number of aliphatic hydroxyl groups excluding tert-OH is 1. The molecule has 3 heteroatoms. The Labute approximate surface area is 107 Å². The van der Waals surface area contributed by atoms with E-state index < -0.39 is 17.7 Å². The fourth-order valence-electron chi connectivity index (χ4n) is 2.80. The maximum Gasteiger partial charge on any atom is 0.131 e. The average molecular weight is 254 g/mol. The van der Waals surface area contributed by atoms with Crippen LogP contribution in [-0.2, 0) is 0 Å². The molecule has 1 aromatic rings. The van der Waals surface area contributed by atoms with Crippen LogP contribution in [-0.4, -0.2) is 5.11 Å². The van der Waals surface area contributed by atoms with Crippen LogP contribution in [0.1, 0.15) is 56.6 Å². The van der Waals surface area contributed by atoms with Gasteiger partial charge in [0.15, 0.2) is 0 Å². The molecule has 0 heterocycles. The average Bonchev–Trinajstić information content (AvgIpc) is 2.37. The van der Waals surface area contributed by atoms with Crippen molar-refractivity contribution in [2.45, 2.75) is 51.0 Å². The van der Waals surface area contributed by atoms with Crippen LogP contribution in [0.15, 0.2) is 18.2 Å². The van der Waals surface area contributed by atoms with E-state index >= 15 is 0 Å². The zero-order valence-corrected chi connectivity index (χ0v) is 10.5. The Morgan fingerprint density at radius 1 is 1.17 bits per heavy atom. The van der Waals surface area contributed by atoms with Gasteiger partial charge >= 0.3 is 0 Å². The Morgan fingerprint density at radius 2 is 1.89 bits per heavy atom. The predicted molar refractivity (Wildman–Crippen MR) is 67.1 cm³/mol. The fraction of sp³-hybridized carbons (Fsp3) is 0.600. The summed E-state index contributed by atoms with van der Waals surface area (Å²) in [5.41, 5.74) is 0.215. The quantitative estimate of drug-likeness (QED) is 0.846. The number of benzene rings is 1. The molecule has 1 saturated carbocycles. The molecule has 1 aliphatic rings. The molecule has 18 heavy (non-hydrogen) atoms. The summed E-state index contributed by atoms with van der Waals surface area (Å²) in [6, 6.07) is 3.37. The molecule has 0 bridgehead atoms. The van der Waals surface area contributed by atoms with Crippen LogP contribution in [0.5, 0.6) is 0 Å². The van der Waals surface area contributed by atoms with E-state index in [2.05, 4.69) is 0 Å². The second kappa shape index (κ2) is 6.28. The van der Waals surface area contributed by atoms with E-state index in [0.717, 1.165) is 12.5 Å². The van der Waals surface area contributed by atoms with Crippen LogP contribution in [0.3, 0.4) is 0 Å². The second-order valence-corrected chi connectivity index (χ2v) is 5.26. The van der Waals surface area contributed by atoms with Crippen molar-refractivity contribution in [3.8, 4) is 0 Å². The number of hydrogen-bond acceptors (Lipinski definition) is 1. The molecule has 0 aliphatic heterocycles. The first kappa shape index (κ1) is 13.5. The number of rotatable bonds is 4. The first-order chi connectivity index (χ1) is 8.66. The van der Waals surface area contributed by atoms with Crippen LogP contribution in [0.25, 0.3) is 0 Å². The Hall–Kier alpha value is -0.960. The molecule has 100 valence electrons. The van der Waals surface area contributed by atoms with E-state index in [1.54, 1.807) is 0 Å². The molecule has 1 fully saturated rings. The Kier molecular flexibility index (Phi) is 4.70. The maximum absolute atomic E-state index is 13.5. The molecule has 0 saturated heterocycles. The second-order valence-electron chi connectivity index (χ2n) is 5.26. The lowest BCUT2D eigenvalue weighted by Crippen LogP contribution is -2.09. The lowest BCUT2D eigenvalue weighted by Gasteiger charge is -2.22. The van der Waals surface area contributed by atoms with Gasteiger partial charge in [-0.1, -0.05) is 38.2 Å². The highest BCUT2D eigenvalue weighted by atomic mass is 19.1. The van der Waals surface area contributed by atoms with Gasteiger partial charge in [0.05, 0.1) is 6.10 Å². The molecule has 2 rings (SSSR count). The van der Waals surface area contributed by atoms with Gasteiger partial charge in [0.1, 0.15) is 11.6 Å². The Morgan fingerprint density at radius 3 is 2.56 bits per heavy atom. The van der Waals surface area contributed by atoms with Crippen molar-refractivity contribution >= 4 is 0 Å². The van der Waals surface area contributed by atoms with Crippen molar-refractivity contribution < 1.29 is 13.9 Å². The standard InChI is InChI=1S/C15H20F2O/c16-12-7-8-13(14(17)10-12)15(18)9-6-11-4-2-1-3-5-11/h7-8,10-11,15,18H,1-6,9H2. The first-order valence-electron chi connectivity index (χ1n) is 6.80. The van der Waals surface area contributed by atoms with Crippen molar-refractivity contribution in [2.75, 3.05) is 0 Å². The van der Waals surface area contributed by atoms with Crippen LogP contribution >= 0.6 is 0 Å². The van der Waals surface area contributed by atoms with Gasteiger partial charge in [-0.2, -0.15) is 0 Å². The molecule has 1 aliphatic carbocycles. The summed E-state index contributed by atoms with van der Waals surface area (Å²) in [6.07, 6.45) is 6.97. The van der Waals surface area contributed by atoms with E-state index in [1.807, 2.05) is 0 Å². The van der Waals surface area contributed by atoms with Crippen molar-refractivity contribution in [1.82, 2.24) is 0 Å². The molecule has 1 atom stereocenters. The molecule has 1 nitrogen and oxygen atoms in total. The topological polar surface area (TPSA) is 20.2 Å². The molecular weight excluding hydrogens is 234 g/mol. The van der Waals surface area contributed by atoms with Gasteiger partial charge in [-0.15, -0.1) is 0 Å². The zero-order chi connectivity index (χ0) is 13.0. The number of hydrogen-bond donors (Lipinski definition) is 1. The molecule has 1 N–H and O–H groups in total. The third kappa shape index (κ3) is 3.52. The highest BCUT2D eigenvalue weighted by molar-refractivity contribution is 5.20. The highest BCUT2D eigenvalue weighted by Crippen LogP contribution is 2.31. The van der Waals surface area contributed by atoms with Gasteiger partial charge < -0.3 is 5.11 Å². The van der Waals surface area contributed by atoms with E-state index in [1.165, 1.54) is 44.2 Å². The first-order valence-corrected chi connectivity index (χ1v) is 6.80. The lowest BCUT2D eigenvalue weighted by atomic mass is 9.85. The SMILES string of the molecule is OC(CCC1CCCCC1)c1ccc(F)cc1F. The van der Waals surface area contributed by atoms with Gasteiger partial charge in [0.25, 0.3) is 0 Å². The minimum Gasteiger partial charge on any atom is -0.388 e. The van der Waals surface area contributed by atoms with Gasteiger partial charge in [-0.25, -0.2) is 8.78 Å². The van der Waals surface area contributed by atoms with Crippen molar-refractivity contribution in [3.05, 3.63) is 35.4 Å². The van der Waals surface area contributed by atoms with Crippen LogP contribution in [0.2, 0.25) is 0 Å². The van der Waals surface area contributed by atoms with Gasteiger partial charge in [0, 0.05) is 11.6 Å². The highest BCUT2D eigenvalue weighted by Gasteiger charge is 2.18. The molecule has 1 unspecified atom stereocenters. The third-order valence-electron chi connectivity index (χ3n) is 3.89. The summed E-state index contributed by atoms with van der Waals surface area (Å²) < 4.78 is 26.2. The molecular formula is C15H20F2O. The van der Waals surface area contributed by atoms with Crippen LogP contribution in [0, 0.1) is 17.6 Å². The van der Waals surface area contributed by atoms with E-state index in [9.17, 15) is 13.9 Å². The smallest absolute Gasteiger partial charge is 0.131 e. The number of halogens is 2. The molecule has 0 amide bonds. The van der Waals surface area contributed by atoms with Crippen LogP contribution in [0.4, 0.5) is 8.78 Å². The fourth-order valence-corrected chi connectivity index (χ4v) is 2.80. The van der Waals surface area contributed by atoms with Gasteiger partial charge in [-0.3, -0.25) is 0 Å². The number of aliphatic hydroxyl groups is 1. The van der Waals surface area contributed by atoms with Crippen molar-refractivity contribution in [1.29, 1.82) is 0 Å². The van der Waals surface area contributed by atoms with Crippen molar-refractivity contribution in [3.63, 3.8) is 0 Å². The summed E-state index contributed by atoms with van der Waals surface area (Å²) in [4.78, 5) is 0. The summed E-state index contributed by atoms with van der Waals surface area (Å²) in [6.45, 7) is 0. The molecule has 0 radical (unpaired) electrons. The zero-order valence-electron chi connectivity index (χ0n) is 10.5. The van der Waals surface area contributed by atoms with E-state index in [4.69, 9.17) is 0 Å². The van der Waals surface area contributed by atoms with E-state index in [-0.39, 0.29) is 5.56 Å². The molecule has 0 aromatic heterocycles. The maximum atomic E-state index is 13.5. The minimum absolute atomic E-state index is 0.215. The molecule has 1 aromatic carbocycles. The summed E-state index contributed by atoms with van der Waals surface area (Å²) in [5, 5.41) is 9.96. The Bertz CT molecular complexity index is 386. The van der Waals surface area contributed by atoms with E-state index in [0.29, 0.717) is 12.3 Å². The lowest BCUT2D eigenvalue weighted by molar-refractivity contribution is 0.147. The van der Waals surface area contributed by atoms with Gasteiger partial charge in [0.2, 0.25) is 0 Å². The summed E-state index contributed by atoms with van der Waals surface area (Å²) in [5.74, 6) is -0.584. The molecule has 0 spiro atoms. The monoisotopic (exact) mass is 254 g/mol. The Balaban J connectivity index is 1.88. The summed E-state index contributed by atoms with van der Waals surface area (Å²) >= 11 is 0. The van der Waals surface area contributed by atoms with Crippen molar-refractivity contribution in [2.24, 2.45) is 5.92 Å². The normalized spacial score (nSPS) is 18.8. The predicted octanol–water partition coefficient (Wildman–Crippen LogP) is 4.36. The third-order valence-corrected chi connectivity index (χ3v) is 3.89. The van der Waals surface area contributed by atoms with Crippen LogP contribution < -0.4 is 0 Å². The minimum atomic E-state index is -0.812. The van der Waals surface area contributed by atoms with Gasteiger partial charge in [-0.05, 0) is 24.8 Å². The largest absolute Gasteiger partial charge is 0.388 e.